The molecule has 0 aliphatic carbocycles. The molecule has 2 rings (SSSR count). The predicted molar refractivity (Wildman–Crippen MR) is 75.5 cm³/mol. The van der Waals surface area contributed by atoms with Gasteiger partial charge in [-0.15, -0.1) is 0 Å². The molecule has 2 aromatic rings. The number of nitrogens with one attached hydrogen (secondary N) is 1. The normalized spacial score (nSPS) is 13.8. The summed E-state index contributed by atoms with van der Waals surface area (Å²) in [6.07, 6.45) is 2.79. The Labute approximate surface area is 109 Å². The van der Waals surface area contributed by atoms with Crippen molar-refractivity contribution in [1.82, 2.24) is 15.3 Å². The summed E-state index contributed by atoms with van der Waals surface area (Å²) in [5.41, 5.74) is 3.18. The van der Waals surface area contributed by atoms with Crippen molar-refractivity contribution >= 4 is 11.0 Å². The van der Waals surface area contributed by atoms with Crippen LogP contribution in [0.1, 0.15) is 26.5 Å². The largest absolute Gasteiger partial charge is 0.316 e. The first kappa shape index (κ1) is 13.0. The molecule has 0 spiro atoms. The van der Waals surface area contributed by atoms with Gasteiger partial charge in [-0.25, -0.2) is 4.98 Å². The second-order valence-corrected chi connectivity index (χ2v) is 5.76. The summed E-state index contributed by atoms with van der Waals surface area (Å²) in [7, 11) is 2.00. The average molecular weight is 243 g/mol. The van der Waals surface area contributed by atoms with Crippen LogP contribution in [0.4, 0.5) is 0 Å². The van der Waals surface area contributed by atoms with E-state index in [0.717, 1.165) is 23.1 Å². The van der Waals surface area contributed by atoms with Crippen LogP contribution in [-0.2, 0) is 6.42 Å². The van der Waals surface area contributed by atoms with Gasteiger partial charge in [0, 0.05) is 18.7 Å². The summed E-state index contributed by atoms with van der Waals surface area (Å²) in [6, 6.07) is 8.39. The highest BCUT2D eigenvalue weighted by Gasteiger charge is 2.23. The fraction of sp³-hybridized carbons (Fsp3) is 0.467. The minimum Gasteiger partial charge on any atom is -0.316 e. The molecule has 0 aliphatic heterocycles. The number of likely N-dealkylation sites (N-methyl/N-ethyl adjacent to an activating group) is 1. The van der Waals surface area contributed by atoms with Gasteiger partial charge in [0.15, 0.2) is 0 Å². The van der Waals surface area contributed by atoms with Gasteiger partial charge in [0.1, 0.15) is 0 Å². The van der Waals surface area contributed by atoms with Crippen LogP contribution in [0.15, 0.2) is 30.5 Å². The third kappa shape index (κ3) is 2.85. The van der Waals surface area contributed by atoms with Crippen LogP contribution in [-0.4, -0.2) is 23.1 Å². The topological polar surface area (TPSA) is 37.8 Å². The van der Waals surface area contributed by atoms with Crippen LogP contribution in [0.5, 0.6) is 0 Å². The van der Waals surface area contributed by atoms with E-state index in [4.69, 9.17) is 0 Å². The number of hydrogen-bond donors (Lipinski definition) is 1. The summed E-state index contributed by atoms with van der Waals surface area (Å²) in [5.74, 6) is 0. The van der Waals surface area contributed by atoms with Crippen molar-refractivity contribution < 1.29 is 0 Å². The Balaban J connectivity index is 2.26. The summed E-state index contributed by atoms with van der Waals surface area (Å²) >= 11 is 0. The van der Waals surface area contributed by atoms with Gasteiger partial charge in [-0.3, -0.25) is 4.98 Å². The van der Waals surface area contributed by atoms with Gasteiger partial charge in [-0.1, -0.05) is 32.9 Å². The van der Waals surface area contributed by atoms with Gasteiger partial charge in [-0.2, -0.15) is 0 Å². The van der Waals surface area contributed by atoms with Gasteiger partial charge < -0.3 is 5.32 Å². The molecule has 0 saturated heterocycles. The highest BCUT2D eigenvalue weighted by Crippen LogP contribution is 2.22. The number of rotatable bonds is 3. The molecular formula is C15H21N3. The average Bonchev–Trinajstić information content (AvgIpc) is 2.34. The van der Waals surface area contributed by atoms with Crippen LogP contribution in [0, 0.1) is 5.41 Å². The van der Waals surface area contributed by atoms with Crippen molar-refractivity contribution in [3.05, 3.63) is 36.2 Å². The molecule has 1 heterocycles. The highest BCUT2D eigenvalue weighted by molar-refractivity contribution is 5.73. The third-order valence-electron chi connectivity index (χ3n) is 3.31. The minimum absolute atomic E-state index is 0.210. The summed E-state index contributed by atoms with van der Waals surface area (Å²) in [5, 5.41) is 3.37. The molecular weight excluding hydrogens is 222 g/mol. The van der Waals surface area contributed by atoms with Crippen molar-refractivity contribution in [1.29, 1.82) is 0 Å². The fourth-order valence-corrected chi connectivity index (χ4v) is 2.14. The molecule has 0 radical (unpaired) electrons. The first-order chi connectivity index (χ1) is 8.50. The standard InChI is InChI=1S/C15H21N3/c1-15(2,3)14(16-4)9-11-10-17-12-7-5-6-8-13(12)18-11/h5-8,10,14,16H,9H2,1-4H3. The number of aromatic nitrogens is 2. The maximum atomic E-state index is 4.67. The van der Waals surface area contributed by atoms with E-state index < -0.39 is 0 Å². The van der Waals surface area contributed by atoms with Crippen LogP contribution in [0.25, 0.3) is 11.0 Å². The summed E-state index contributed by atoms with van der Waals surface area (Å²) in [6.45, 7) is 6.72. The molecule has 1 atom stereocenters. The van der Waals surface area contributed by atoms with Crippen LogP contribution < -0.4 is 5.32 Å². The molecule has 0 saturated carbocycles. The second kappa shape index (κ2) is 5.02. The van der Waals surface area contributed by atoms with Crippen molar-refractivity contribution in [3.8, 4) is 0 Å². The Morgan fingerprint density at radius 2 is 1.83 bits per heavy atom. The van der Waals surface area contributed by atoms with E-state index in [1.165, 1.54) is 0 Å². The van der Waals surface area contributed by atoms with Crippen molar-refractivity contribution in [2.24, 2.45) is 5.41 Å². The van der Waals surface area contributed by atoms with E-state index in [9.17, 15) is 0 Å². The van der Waals surface area contributed by atoms with Gasteiger partial charge in [0.25, 0.3) is 0 Å². The van der Waals surface area contributed by atoms with Crippen molar-refractivity contribution in [3.63, 3.8) is 0 Å². The monoisotopic (exact) mass is 243 g/mol. The van der Waals surface area contributed by atoms with E-state index in [-0.39, 0.29) is 5.41 Å². The Kier molecular flexibility index (Phi) is 3.62. The number of benzene rings is 1. The maximum Gasteiger partial charge on any atom is 0.0890 e. The molecule has 0 fully saturated rings. The van der Waals surface area contributed by atoms with Gasteiger partial charge in [0.05, 0.1) is 16.7 Å². The molecule has 1 N–H and O–H groups in total. The predicted octanol–water partition coefficient (Wildman–Crippen LogP) is 2.81. The number of para-hydroxylation sites is 2. The molecule has 0 amide bonds. The first-order valence-corrected chi connectivity index (χ1v) is 6.38. The van der Waals surface area contributed by atoms with Crippen LogP contribution >= 0.6 is 0 Å². The molecule has 1 unspecified atom stereocenters. The Hall–Kier alpha value is -1.48. The van der Waals surface area contributed by atoms with E-state index in [1.807, 2.05) is 37.5 Å². The van der Waals surface area contributed by atoms with Crippen LogP contribution in [0.2, 0.25) is 0 Å². The molecule has 96 valence electrons. The van der Waals surface area contributed by atoms with Gasteiger partial charge in [-0.05, 0) is 24.6 Å². The molecule has 0 aliphatic rings. The molecule has 1 aromatic heterocycles. The van der Waals surface area contributed by atoms with E-state index >= 15 is 0 Å². The van der Waals surface area contributed by atoms with Gasteiger partial charge >= 0.3 is 0 Å². The lowest BCUT2D eigenvalue weighted by Crippen LogP contribution is -2.40. The van der Waals surface area contributed by atoms with E-state index in [0.29, 0.717) is 6.04 Å². The second-order valence-electron chi connectivity index (χ2n) is 5.76. The number of nitrogens with zero attached hydrogens (tertiary/aromatic N) is 2. The van der Waals surface area contributed by atoms with E-state index in [1.54, 1.807) is 0 Å². The number of hydrogen-bond acceptors (Lipinski definition) is 3. The summed E-state index contributed by atoms with van der Waals surface area (Å²) < 4.78 is 0. The van der Waals surface area contributed by atoms with Gasteiger partial charge in [0.2, 0.25) is 0 Å². The molecule has 18 heavy (non-hydrogen) atoms. The zero-order valence-electron chi connectivity index (χ0n) is 11.6. The fourth-order valence-electron chi connectivity index (χ4n) is 2.14. The third-order valence-corrected chi connectivity index (χ3v) is 3.31. The lowest BCUT2D eigenvalue weighted by atomic mass is 9.84. The number of fused-ring (bicyclic) bond motifs is 1. The molecule has 0 bridgehead atoms. The first-order valence-electron chi connectivity index (χ1n) is 6.38. The maximum absolute atomic E-state index is 4.67. The van der Waals surface area contributed by atoms with Crippen molar-refractivity contribution in [2.75, 3.05) is 7.05 Å². The van der Waals surface area contributed by atoms with E-state index in [2.05, 4.69) is 36.1 Å². The highest BCUT2D eigenvalue weighted by atomic mass is 14.9. The van der Waals surface area contributed by atoms with Crippen LogP contribution in [0.3, 0.4) is 0 Å². The zero-order valence-corrected chi connectivity index (χ0v) is 11.6. The Morgan fingerprint density at radius 1 is 1.17 bits per heavy atom. The smallest absolute Gasteiger partial charge is 0.0890 e. The Morgan fingerprint density at radius 3 is 2.44 bits per heavy atom. The summed E-state index contributed by atoms with van der Waals surface area (Å²) in [4.78, 5) is 9.13. The SMILES string of the molecule is CNC(Cc1cnc2ccccc2n1)C(C)(C)C. The Bertz CT molecular complexity index is 528. The molecule has 3 heteroatoms. The molecule has 1 aromatic carbocycles. The quantitative estimate of drug-likeness (QED) is 0.900. The molecule has 3 nitrogen and oxygen atoms in total. The lowest BCUT2D eigenvalue weighted by Gasteiger charge is -2.30. The van der Waals surface area contributed by atoms with Crippen molar-refractivity contribution in [2.45, 2.75) is 33.2 Å². The minimum atomic E-state index is 0.210. The lowest BCUT2D eigenvalue weighted by molar-refractivity contribution is 0.278. The zero-order chi connectivity index (χ0) is 13.2.